The van der Waals surface area contributed by atoms with E-state index in [-0.39, 0.29) is 0 Å². The molecule has 1 aromatic carbocycles. The number of aryl methyl sites for hydroxylation is 3. The average Bonchev–Trinajstić information content (AvgIpc) is 2.64. The molecule has 2 N–H and O–H groups in total. The summed E-state index contributed by atoms with van der Waals surface area (Å²) in [6.07, 6.45) is 0. The Morgan fingerprint density at radius 2 is 1.94 bits per heavy atom. The molecule has 90 valence electrons. The van der Waals surface area contributed by atoms with Gasteiger partial charge in [-0.1, -0.05) is 23.8 Å². The number of rotatable bonds is 3. The van der Waals surface area contributed by atoms with Gasteiger partial charge in [0.05, 0.1) is 17.9 Å². The van der Waals surface area contributed by atoms with E-state index in [2.05, 4.69) is 37.1 Å². The zero-order valence-corrected chi connectivity index (χ0v) is 10.7. The summed E-state index contributed by atoms with van der Waals surface area (Å²) in [5.74, 6) is 0. The van der Waals surface area contributed by atoms with Gasteiger partial charge in [0.1, 0.15) is 0 Å². The van der Waals surface area contributed by atoms with Crippen molar-refractivity contribution < 1.29 is 0 Å². The minimum Gasteiger partial charge on any atom is -0.325 e. The van der Waals surface area contributed by atoms with Crippen molar-refractivity contribution in [3.63, 3.8) is 0 Å². The number of aromatic nitrogens is 2. The molecule has 0 fully saturated rings. The van der Waals surface area contributed by atoms with Crippen molar-refractivity contribution in [1.82, 2.24) is 9.78 Å². The Morgan fingerprint density at radius 3 is 2.65 bits per heavy atom. The molecule has 0 amide bonds. The van der Waals surface area contributed by atoms with Gasteiger partial charge in [-0.15, -0.1) is 0 Å². The predicted octanol–water partition coefficient (Wildman–Crippen LogP) is 2.32. The maximum Gasteiger partial charge on any atom is 0.0665 e. The van der Waals surface area contributed by atoms with E-state index < -0.39 is 0 Å². The molecule has 0 radical (unpaired) electrons. The molecular formula is C14H19N3. The lowest BCUT2D eigenvalue weighted by atomic mass is 10.1. The van der Waals surface area contributed by atoms with Crippen molar-refractivity contribution in [2.45, 2.75) is 33.9 Å². The van der Waals surface area contributed by atoms with Crippen LogP contribution in [0.5, 0.6) is 0 Å². The van der Waals surface area contributed by atoms with Gasteiger partial charge in [0.2, 0.25) is 0 Å². The van der Waals surface area contributed by atoms with Crippen molar-refractivity contribution in [2.75, 3.05) is 0 Å². The standard InChI is InChI=1S/C14H19N3/c1-10-4-5-11(2)13(6-10)9-17-14(8-15)7-12(3)16-17/h4-7H,8-9,15H2,1-3H3. The van der Waals surface area contributed by atoms with Crippen LogP contribution in [0, 0.1) is 20.8 Å². The molecule has 0 bridgehead atoms. The van der Waals surface area contributed by atoms with E-state index in [1.54, 1.807) is 0 Å². The van der Waals surface area contributed by atoms with E-state index in [1.807, 2.05) is 17.7 Å². The Hall–Kier alpha value is -1.61. The normalized spacial score (nSPS) is 10.8. The Kier molecular flexibility index (Phi) is 3.29. The molecule has 3 nitrogen and oxygen atoms in total. The fourth-order valence-electron chi connectivity index (χ4n) is 2.03. The van der Waals surface area contributed by atoms with E-state index in [9.17, 15) is 0 Å². The van der Waals surface area contributed by atoms with Gasteiger partial charge in [0, 0.05) is 6.54 Å². The second-order valence-corrected chi connectivity index (χ2v) is 4.57. The van der Waals surface area contributed by atoms with Crippen LogP contribution in [0.25, 0.3) is 0 Å². The summed E-state index contributed by atoms with van der Waals surface area (Å²) in [5, 5.41) is 4.48. The first kappa shape index (κ1) is 11.9. The summed E-state index contributed by atoms with van der Waals surface area (Å²) in [4.78, 5) is 0. The number of hydrogen-bond acceptors (Lipinski definition) is 2. The molecule has 1 heterocycles. The Bertz CT molecular complexity index is 526. The Labute approximate surface area is 102 Å². The lowest BCUT2D eigenvalue weighted by molar-refractivity contribution is 0.638. The second-order valence-electron chi connectivity index (χ2n) is 4.57. The Morgan fingerprint density at radius 1 is 1.18 bits per heavy atom. The largest absolute Gasteiger partial charge is 0.325 e. The quantitative estimate of drug-likeness (QED) is 0.877. The summed E-state index contributed by atoms with van der Waals surface area (Å²) in [5.41, 5.74) is 11.7. The highest BCUT2D eigenvalue weighted by molar-refractivity contribution is 5.31. The molecule has 0 saturated heterocycles. The van der Waals surface area contributed by atoms with Gasteiger partial charge in [-0.05, 0) is 38.0 Å². The van der Waals surface area contributed by atoms with E-state index in [0.717, 1.165) is 17.9 Å². The summed E-state index contributed by atoms with van der Waals surface area (Å²) in [6, 6.07) is 8.55. The maximum absolute atomic E-state index is 5.72. The van der Waals surface area contributed by atoms with Gasteiger partial charge < -0.3 is 5.73 Å². The summed E-state index contributed by atoms with van der Waals surface area (Å²) >= 11 is 0. The van der Waals surface area contributed by atoms with E-state index in [0.29, 0.717) is 6.54 Å². The molecule has 0 atom stereocenters. The first-order valence-electron chi connectivity index (χ1n) is 5.89. The molecule has 0 spiro atoms. The molecule has 0 unspecified atom stereocenters. The first-order valence-corrected chi connectivity index (χ1v) is 5.89. The van der Waals surface area contributed by atoms with Crippen LogP contribution in [0.3, 0.4) is 0 Å². The minimum absolute atomic E-state index is 0.533. The van der Waals surface area contributed by atoms with Crippen molar-refractivity contribution in [3.8, 4) is 0 Å². The molecule has 0 aliphatic heterocycles. The molecule has 0 saturated carbocycles. The smallest absolute Gasteiger partial charge is 0.0665 e. The van der Waals surface area contributed by atoms with Gasteiger partial charge >= 0.3 is 0 Å². The zero-order chi connectivity index (χ0) is 12.4. The zero-order valence-electron chi connectivity index (χ0n) is 10.7. The topological polar surface area (TPSA) is 43.8 Å². The predicted molar refractivity (Wildman–Crippen MR) is 69.9 cm³/mol. The number of nitrogens with zero attached hydrogens (tertiary/aromatic N) is 2. The van der Waals surface area contributed by atoms with Crippen LogP contribution < -0.4 is 5.73 Å². The van der Waals surface area contributed by atoms with E-state index in [4.69, 9.17) is 5.73 Å². The van der Waals surface area contributed by atoms with Crippen LogP contribution in [-0.4, -0.2) is 9.78 Å². The van der Waals surface area contributed by atoms with Gasteiger partial charge in [0.15, 0.2) is 0 Å². The summed E-state index contributed by atoms with van der Waals surface area (Å²) < 4.78 is 2.00. The molecule has 3 heteroatoms. The maximum atomic E-state index is 5.72. The molecule has 0 aliphatic rings. The minimum atomic E-state index is 0.533. The summed E-state index contributed by atoms with van der Waals surface area (Å²) in [7, 11) is 0. The highest BCUT2D eigenvalue weighted by Gasteiger charge is 2.06. The SMILES string of the molecule is Cc1ccc(C)c(Cn2nc(C)cc2CN)c1. The van der Waals surface area contributed by atoms with Crippen LogP contribution in [0.2, 0.25) is 0 Å². The number of hydrogen-bond donors (Lipinski definition) is 1. The molecule has 0 aliphatic carbocycles. The van der Waals surface area contributed by atoms with E-state index >= 15 is 0 Å². The third-order valence-corrected chi connectivity index (χ3v) is 3.02. The van der Waals surface area contributed by atoms with Crippen LogP contribution in [0.4, 0.5) is 0 Å². The van der Waals surface area contributed by atoms with Crippen LogP contribution in [0.15, 0.2) is 24.3 Å². The van der Waals surface area contributed by atoms with Crippen molar-refractivity contribution in [3.05, 3.63) is 52.3 Å². The molecule has 2 aromatic rings. The van der Waals surface area contributed by atoms with Crippen molar-refractivity contribution in [1.29, 1.82) is 0 Å². The van der Waals surface area contributed by atoms with Gasteiger partial charge in [0.25, 0.3) is 0 Å². The van der Waals surface area contributed by atoms with Crippen molar-refractivity contribution in [2.24, 2.45) is 5.73 Å². The fraction of sp³-hybridized carbons (Fsp3) is 0.357. The lowest BCUT2D eigenvalue weighted by Crippen LogP contribution is -2.10. The van der Waals surface area contributed by atoms with E-state index in [1.165, 1.54) is 16.7 Å². The van der Waals surface area contributed by atoms with Gasteiger partial charge in [-0.25, -0.2) is 0 Å². The fourth-order valence-corrected chi connectivity index (χ4v) is 2.03. The first-order chi connectivity index (χ1) is 8.10. The number of benzene rings is 1. The highest BCUT2D eigenvalue weighted by Crippen LogP contribution is 2.13. The highest BCUT2D eigenvalue weighted by atomic mass is 15.3. The summed E-state index contributed by atoms with van der Waals surface area (Å²) in [6.45, 7) is 7.58. The van der Waals surface area contributed by atoms with Crippen LogP contribution in [0.1, 0.15) is 28.1 Å². The van der Waals surface area contributed by atoms with Crippen LogP contribution in [-0.2, 0) is 13.1 Å². The van der Waals surface area contributed by atoms with Crippen LogP contribution >= 0.6 is 0 Å². The third-order valence-electron chi connectivity index (χ3n) is 3.02. The van der Waals surface area contributed by atoms with Crippen molar-refractivity contribution >= 4 is 0 Å². The molecule has 1 aromatic heterocycles. The van der Waals surface area contributed by atoms with Gasteiger partial charge in [-0.2, -0.15) is 5.10 Å². The molecule has 2 rings (SSSR count). The molecular weight excluding hydrogens is 210 g/mol. The average molecular weight is 229 g/mol. The monoisotopic (exact) mass is 229 g/mol. The third kappa shape index (κ3) is 2.56. The second kappa shape index (κ2) is 4.72. The van der Waals surface area contributed by atoms with Gasteiger partial charge in [-0.3, -0.25) is 4.68 Å². The lowest BCUT2D eigenvalue weighted by Gasteiger charge is -2.09. The Balaban J connectivity index is 2.33. The number of nitrogens with two attached hydrogens (primary N) is 1. The molecule has 17 heavy (non-hydrogen) atoms.